The lowest BCUT2D eigenvalue weighted by Gasteiger charge is -2.19. The van der Waals surface area contributed by atoms with Gasteiger partial charge in [-0.3, -0.25) is 4.99 Å². The molecule has 1 aliphatic carbocycles. The Hall–Kier alpha value is -5.36. The van der Waals surface area contributed by atoms with Crippen LogP contribution in [0.25, 0.3) is 11.1 Å². The molecule has 12 heteroatoms. The summed E-state index contributed by atoms with van der Waals surface area (Å²) in [6, 6.07) is 22.6. The number of rotatable bonds is 12. The van der Waals surface area contributed by atoms with Gasteiger partial charge in [0.25, 0.3) is 10.0 Å². The first-order chi connectivity index (χ1) is 25.6. The van der Waals surface area contributed by atoms with Crippen molar-refractivity contribution in [2.24, 2.45) is 10.7 Å². The maximum absolute atomic E-state index is 13.6. The largest absolute Gasteiger partial charge is 0.487 e. The first kappa shape index (κ1) is 38.4. The number of benzene rings is 4. The molecule has 0 radical (unpaired) electrons. The number of fused-ring (bicyclic) bond motifs is 4. The lowest BCUT2D eigenvalue weighted by atomic mass is 9.94. The summed E-state index contributed by atoms with van der Waals surface area (Å²) in [7, 11) is -4.08. The highest BCUT2D eigenvalue weighted by atomic mass is 32.2. The number of nitrogens with two attached hydrogens (primary N) is 1. The van der Waals surface area contributed by atoms with Crippen molar-refractivity contribution in [3.8, 4) is 16.9 Å². The Morgan fingerprint density at radius 3 is 2.19 bits per heavy atom. The molecular weight excluding hydrogens is 705 g/mol. The molecule has 4 aromatic rings. The van der Waals surface area contributed by atoms with E-state index >= 15 is 0 Å². The number of aliphatic imine (C=N–C) groups is 1. The summed E-state index contributed by atoms with van der Waals surface area (Å²) in [5, 5.41) is 2.69. The van der Waals surface area contributed by atoms with Crippen molar-refractivity contribution >= 4 is 28.0 Å². The summed E-state index contributed by atoms with van der Waals surface area (Å²) in [6.45, 7) is 11.5. The summed E-state index contributed by atoms with van der Waals surface area (Å²) >= 11 is 0. The van der Waals surface area contributed by atoms with E-state index in [2.05, 4.69) is 27.2 Å². The molecule has 284 valence electrons. The topological polar surface area (TPSA) is 158 Å². The number of aryl methyl sites for hydroxylation is 1. The van der Waals surface area contributed by atoms with Gasteiger partial charge in [0.15, 0.2) is 0 Å². The highest BCUT2D eigenvalue weighted by Crippen LogP contribution is 2.45. The molecule has 6 rings (SSSR count). The molecule has 0 unspecified atom stereocenters. The predicted octanol–water partition coefficient (Wildman–Crippen LogP) is 6.66. The third-order valence-corrected chi connectivity index (χ3v) is 11.8. The van der Waals surface area contributed by atoms with E-state index in [1.165, 1.54) is 0 Å². The lowest BCUT2D eigenvalue weighted by molar-refractivity contribution is -0.147. The third kappa shape index (κ3) is 8.23. The van der Waals surface area contributed by atoms with Crippen LogP contribution in [0.4, 0.5) is 4.79 Å². The SMILES string of the molecule is Cc1ccc(COC(=O)[C@H](CCCN=C(N)NS(=O)(=O)c2c(C)c(C)c3c(c2C)CC(C)(C)O3)NC(=O)OCC2c3ccccc3-c3ccccc32)cc1. The van der Waals surface area contributed by atoms with Gasteiger partial charge in [-0.15, -0.1) is 0 Å². The van der Waals surface area contributed by atoms with Crippen LogP contribution in [0.2, 0.25) is 0 Å². The summed E-state index contributed by atoms with van der Waals surface area (Å²) in [5.41, 5.74) is 14.7. The number of nitrogens with one attached hydrogen (secondary N) is 2. The zero-order valence-corrected chi connectivity index (χ0v) is 32.4. The number of esters is 1. The Kier molecular flexibility index (Phi) is 11.0. The van der Waals surface area contributed by atoms with E-state index in [4.69, 9.17) is 19.9 Å². The molecule has 0 saturated heterocycles. The highest BCUT2D eigenvalue weighted by molar-refractivity contribution is 7.90. The minimum absolute atomic E-state index is 0.0273. The molecule has 0 saturated carbocycles. The van der Waals surface area contributed by atoms with Crippen LogP contribution < -0.4 is 20.5 Å². The molecule has 0 spiro atoms. The van der Waals surface area contributed by atoms with Crippen LogP contribution in [-0.2, 0) is 37.3 Å². The maximum atomic E-state index is 13.6. The second-order valence-corrected chi connectivity index (χ2v) is 16.3. The van der Waals surface area contributed by atoms with E-state index in [-0.39, 0.29) is 49.4 Å². The molecule has 4 N–H and O–H groups in total. The quantitative estimate of drug-likeness (QED) is 0.0628. The van der Waals surface area contributed by atoms with E-state index in [1.54, 1.807) is 13.8 Å². The predicted molar refractivity (Wildman–Crippen MR) is 208 cm³/mol. The van der Waals surface area contributed by atoms with Crippen LogP contribution in [-0.4, -0.2) is 51.2 Å². The molecule has 1 heterocycles. The third-order valence-electron chi connectivity index (χ3n) is 10.2. The molecule has 4 aromatic carbocycles. The van der Waals surface area contributed by atoms with Gasteiger partial charge < -0.3 is 25.3 Å². The van der Waals surface area contributed by atoms with E-state index in [1.807, 2.05) is 88.4 Å². The van der Waals surface area contributed by atoms with Crippen molar-refractivity contribution < 1.29 is 32.2 Å². The van der Waals surface area contributed by atoms with Crippen molar-refractivity contribution in [3.05, 3.63) is 117 Å². The number of sulfonamides is 1. The molecule has 1 amide bonds. The number of nitrogens with zero attached hydrogens (tertiary/aromatic N) is 1. The number of ether oxygens (including phenoxy) is 3. The summed E-state index contributed by atoms with van der Waals surface area (Å²) in [5.74, 6) is -0.336. The minimum Gasteiger partial charge on any atom is -0.487 e. The van der Waals surface area contributed by atoms with Gasteiger partial charge in [0.1, 0.15) is 30.6 Å². The summed E-state index contributed by atoms with van der Waals surface area (Å²) in [4.78, 5) is 30.9. The molecule has 0 fully saturated rings. The van der Waals surface area contributed by atoms with Gasteiger partial charge in [0.2, 0.25) is 5.96 Å². The van der Waals surface area contributed by atoms with E-state index in [0.29, 0.717) is 17.5 Å². The van der Waals surface area contributed by atoms with Gasteiger partial charge in [-0.2, -0.15) is 0 Å². The molecule has 2 aliphatic rings. The van der Waals surface area contributed by atoms with Gasteiger partial charge in [-0.25, -0.2) is 22.7 Å². The number of hydrogen-bond donors (Lipinski definition) is 3. The van der Waals surface area contributed by atoms with Gasteiger partial charge in [-0.05, 0) is 98.9 Å². The number of amides is 1. The Balaban J connectivity index is 1.10. The van der Waals surface area contributed by atoms with Gasteiger partial charge in [0, 0.05) is 24.4 Å². The van der Waals surface area contributed by atoms with Crippen molar-refractivity contribution in [1.29, 1.82) is 0 Å². The fraction of sp³-hybridized carbons (Fsp3) is 0.357. The van der Waals surface area contributed by atoms with Crippen LogP contribution in [0.5, 0.6) is 5.75 Å². The molecule has 0 bridgehead atoms. The maximum Gasteiger partial charge on any atom is 0.407 e. The molecule has 1 aliphatic heterocycles. The molecular formula is C42H48N4O7S. The fourth-order valence-corrected chi connectivity index (χ4v) is 8.86. The van der Waals surface area contributed by atoms with Crippen molar-refractivity contribution in [2.75, 3.05) is 13.2 Å². The average Bonchev–Trinajstić information content (AvgIpc) is 3.64. The number of alkyl carbamates (subject to hydrolysis) is 1. The molecule has 0 aromatic heterocycles. The van der Waals surface area contributed by atoms with Gasteiger partial charge in [0.05, 0.1) is 4.90 Å². The number of hydrogen-bond acceptors (Lipinski definition) is 8. The van der Waals surface area contributed by atoms with Crippen LogP contribution in [0.15, 0.2) is 82.7 Å². The highest BCUT2D eigenvalue weighted by Gasteiger charge is 2.37. The number of carbonyl (C=O) groups excluding carboxylic acids is 2. The first-order valence-corrected chi connectivity index (χ1v) is 19.6. The van der Waals surface area contributed by atoms with Crippen molar-refractivity contribution in [3.63, 3.8) is 0 Å². The van der Waals surface area contributed by atoms with Crippen LogP contribution in [0.3, 0.4) is 0 Å². The van der Waals surface area contributed by atoms with E-state index in [9.17, 15) is 18.0 Å². The van der Waals surface area contributed by atoms with E-state index < -0.39 is 33.7 Å². The number of guanidine groups is 1. The van der Waals surface area contributed by atoms with Crippen LogP contribution in [0.1, 0.15) is 77.1 Å². The zero-order chi connectivity index (χ0) is 38.8. The van der Waals surface area contributed by atoms with E-state index in [0.717, 1.165) is 50.3 Å². The second-order valence-electron chi connectivity index (χ2n) is 14.7. The van der Waals surface area contributed by atoms with Gasteiger partial charge >= 0.3 is 12.1 Å². The number of carbonyl (C=O) groups is 2. The summed E-state index contributed by atoms with van der Waals surface area (Å²) in [6.07, 6.45) is 0.242. The first-order valence-electron chi connectivity index (χ1n) is 18.1. The van der Waals surface area contributed by atoms with Crippen molar-refractivity contribution in [1.82, 2.24) is 10.0 Å². The van der Waals surface area contributed by atoms with Crippen molar-refractivity contribution in [2.45, 2.75) is 89.9 Å². The monoisotopic (exact) mass is 752 g/mol. The summed E-state index contributed by atoms with van der Waals surface area (Å²) < 4.78 is 47.1. The average molecular weight is 753 g/mol. The molecule has 11 nitrogen and oxygen atoms in total. The van der Waals surface area contributed by atoms with Crippen LogP contribution >= 0.6 is 0 Å². The smallest absolute Gasteiger partial charge is 0.407 e. The lowest BCUT2D eigenvalue weighted by Crippen LogP contribution is -2.42. The standard InChI is InChI=1S/C42H48N4O7S/c1-25-17-19-29(20-18-25)23-51-39(47)36(45-41(48)52-24-35-32-14-9-7-12-30(32)31-13-8-10-15-33(31)35)16-11-21-44-40(43)46-54(49,50)38-27(3)26(2)37-34(28(38)4)22-42(5,6)53-37/h7-10,12-15,17-20,35-36H,11,16,21-24H2,1-6H3,(H,45,48)(H3,43,44,46)/t36-/m0/s1. The molecule has 54 heavy (non-hydrogen) atoms. The Morgan fingerprint density at radius 1 is 0.907 bits per heavy atom. The molecule has 1 atom stereocenters. The van der Waals surface area contributed by atoms with Crippen LogP contribution in [0, 0.1) is 27.7 Å². The Labute approximate surface area is 317 Å². The van der Waals surface area contributed by atoms with Gasteiger partial charge in [-0.1, -0.05) is 78.4 Å². The Morgan fingerprint density at radius 2 is 1.54 bits per heavy atom. The Bertz CT molecular complexity index is 2170. The minimum atomic E-state index is -4.08. The fourth-order valence-electron chi connectivity index (χ4n) is 7.33. The zero-order valence-electron chi connectivity index (χ0n) is 31.6. The second kappa shape index (κ2) is 15.5. The normalized spacial score (nSPS) is 15.0.